The number of carbonyl (C=O) groups is 2. The van der Waals surface area contributed by atoms with Crippen LogP contribution < -0.4 is 10.1 Å². The molecule has 6 heteroatoms. The van der Waals surface area contributed by atoms with E-state index in [1.165, 1.54) is 4.90 Å². The van der Waals surface area contributed by atoms with E-state index < -0.39 is 6.09 Å². The normalized spacial score (nSPS) is 9.57. The van der Waals surface area contributed by atoms with E-state index in [0.29, 0.717) is 24.5 Å². The van der Waals surface area contributed by atoms with Gasteiger partial charge >= 0.3 is 6.09 Å². The Bertz CT molecular complexity index is 521. The van der Waals surface area contributed by atoms with Crippen molar-refractivity contribution in [1.82, 2.24) is 4.90 Å². The molecule has 0 saturated heterocycles. The molecule has 0 radical (unpaired) electrons. The number of amides is 2. The molecule has 0 aliphatic heterocycles. The molecular weight excluding hydrogens is 288 g/mol. The number of ether oxygens (including phenoxy) is 1. The van der Waals surface area contributed by atoms with Crippen molar-refractivity contribution >= 4 is 28.8 Å². The average Bonchev–Trinajstić information content (AvgIpc) is 2.47. The van der Waals surface area contributed by atoms with Gasteiger partial charge in [-0.25, -0.2) is 4.79 Å². The summed E-state index contributed by atoms with van der Waals surface area (Å²) < 4.78 is 5.27. The highest BCUT2D eigenvalue weighted by atomic mass is 32.2. The summed E-state index contributed by atoms with van der Waals surface area (Å²) in [6.07, 6.45) is 4.41. The van der Waals surface area contributed by atoms with Gasteiger partial charge in [0.2, 0.25) is 0 Å². The van der Waals surface area contributed by atoms with Crippen LogP contribution in [0.1, 0.15) is 0 Å². The molecule has 0 saturated carbocycles. The Kier molecular flexibility index (Phi) is 7.11. The van der Waals surface area contributed by atoms with Crippen LogP contribution in [0.4, 0.5) is 15.3 Å². The zero-order valence-corrected chi connectivity index (χ0v) is 12.7. The number of hydrogen-bond acceptors (Lipinski definition) is 4. The predicted molar refractivity (Wildman–Crippen MR) is 87.0 cm³/mol. The lowest BCUT2D eigenvalue weighted by atomic mass is 10.3. The van der Waals surface area contributed by atoms with Crippen molar-refractivity contribution < 1.29 is 14.3 Å². The Morgan fingerprint density at radius 3 is 2.57 bits per heavy atom. The Labute approximate surface area is 128 Å². The largest absolute Gasteiger partial charge is 0.415 e. The fraction of sp³-hybridized carbons (Fsp3) is 0.200. The fourth-order valence-electron chi connectivity index (χ4n) is 1.51. The molecule has 2 amide bonds. The van der Waals surface area contributed by atoms with Crippen LogP contribution in [-0.2, 0) is 0 Å². The summed E-state index contributed by atoms with van der Waals surface area (Å²) in [5, 5.41) is 2.49. The van der Waals surface area contributed by atoms with Gasteiger partial charge in [-0.15, -0.1) is 13.2 Å². The summed E-state index contributed by atoms with van der Waals surface area (Å²) in [7, 11) is 0. The smallest absolute Gasteiger partial charge is 0.410 e. The van der Waals surface area contributed by atoms with Crippen LogP contribution in [0.25, 0.3) is 0 Å². The van der Waals surface area contributed by atoms with Gasteiger partial charge in [0.1, 0.15) is 5.75 Å². The predicted octanol–water partition coefficient (Wildman–Crippen LogP) is 3.75. The second-order valence-electron chi connectivity index (χ2n) is 3.99. The van der Waals surface area contributed by atoms with Crippen molar-refractivity contribution in [2.24, 2.45) is 0 Å². The number of anilines is 1. The lowest BCUT2D eigenvalue weighted by molar-refractivity contribution is 0.162. The maximum absolute atomic E-state index is 12.0. The molecule has 0 fully saturated rings. The fourth-order valence-corrected chi connectivity index (χ4v) is 1.73. The molecule has 1 N–H and O–H groups in total. The third kappa shape index (κ3) is 5.74. The van der Waals surface area contributed by atoms with Gasteiger partial charge in [0, 0.05) is 24.8 Å². The van der Waals surface area contributed by atoms with Crippen molar-refractivity contribution in [1.29, 1.82) is 0 Å². The van der Waals surface area contributed by atoms with Crippen LogP contribution in [0.5, 0.6) is 5.75 Å². The van der Waals surface area contributed by atoms with Gasteiger partial charge in [0.05, 0.1) is 0 Å². The molecule has 5 nitrogen and oxygen atoms in total. The Balaban J connectivity index is 2.74. The first-order valence-electron chi connectivity index (χ1n) is 6.24. The first-order valence-corrected chi connectivity index (χ1v) is 7.46. The molecule has 1 rings (SSSR count). The molecule has 0 atom stereocenters. The zero-order valence-electron chi connectivity index (χ0n) is 11.9. The zero-order chi connectivity index (χ0) is 15.7. The summed E-state index contributed by atoms with van der Waals surface area (Å²) in [6.45, 7) is 7.93. The second kappa shape index (κ2) is 8.86. The van der Waals surface area contributed by atoms with Crippen molar-refractivity contribution in [3.05, 3.63) is 49.6 Å². The van der Waals surface area contributed by atoms with Gasteiger partial charge in [-0.1, -0.05) is 30.0 Å². The number of nitrogens with one attached hydrogen (secondary N) is 1. The molecule has 112 valence electrons. The molecular formula is C15H18N2O3S. The average molecular weight is 306 g/mol. The van der Waals surface area contributed by atoms with Gasteiger partial charge in [-0.3, -0.25) is 4.79 Å². The van der Waals surface area contributed by atoms with E-state index in [1.807, 2.05) is 0 Å². The number of carbonyl (C=O) groups excluding carboxylic acids is 2. The Morgan fingerprint density at radius 1 is 1.33 bits per heavy atom. The topological polar surface area (TPSA) is 58.6 Å². The summed E-state index contributed by atoms with van der Waals surface area (Å²) in [5.41, 5.74) is 0.568. The molecule has 0 heterocycles. The monoisotopic (exact) mass is 306 g/mol. The van der Waals surface area contributed by atoms with Crippen LogP contribution in [0.3, 0.4) is 0 Å². The lowest BCUT2D eigenvalue weighted by Crippen LogP contribution is -2.33. The molecule has 21 heavy (non-hydrogen) atoms. The van der Waals surface area contributed by atoms with Crippen molar-refractivity contribution in [2.75, 3.05) is 24.7 Å². The van der Waals surface area contributed by atoms with Gasteiger partial charge in [-0.2, -0.15) is 0 Å². The van der Waals surface area contributed by atoms with Gasteiger partial charge < -0.3 is 15.0 Å². The summed E-state index contributed by atoms with van der Waals surface area (Å²) >= 11 is 1.07. The molecule has 0 aliphatic carbocycles. The third-order valence-electron chi connectivity index (χ3n) is 2.43. The molecule has 0 aromatic heterocycles. The molecule has 0 bridgehead atoms. The minimum atomic E-state index is -0.497. The van der Waals surface area contributed by atoms with E-state index in [-0.39, 0.29) is 5.24 Å². The number of thioether (sulfide) groups is 1. The maximum Gasteiger partial charge on any atom is 0.415 e. The number of rotatable bonds is 6. The first kappa shape index (κ1) is 16.8. The number of hydrogen-bond donors (Lipinski definition) is 1. The van der Waals surface area contributed by atoms with Crippen LogP contribution in [0.2, 0.25) is 0 Å². The highest BCUT2D eigenvalue weighted by Crippen LogP contribution is 2.19. The first-order chi connectivity index (χ1) is 10.1. The minimum absolute atomic E-state index is 0.182. The SMILES string of the molecule is C=CCN(CC=C)C(=O)Oc1cccc(NC(=O)SC)c1. The van der Waals surface area contributed by atoms with E-state index in [4.69, 9.17) is 4.74 Å². The molecule has 0 spiro atoms. The number of benzene rings is 1. The maximum atomic E-state index is 12.0. The van der Waals surface area contributed by atoms with E-state index in [9.17, 15) is 9.59 Å². The lowest BCUT2D eigenvalue weighted by Gasteiger charge is -2.18. The summed E-state index contributed by atoms with van der Waals surface area (Å²) in [5.74, 6) is 0.358. The molecule has 1 aromatic carbocycles. The van der Waals surface area contributed by atoms with Crippen LogP contribution in [0, 0.1) is 0 Å². The van der Waals surface area contributed by atoms with Gasteiger partial charge in [0.25, 0.3) is 5.24 Å². The molecule has 0 aliphatic rings. The van der Waals surface area contributed by atoms with Crippen molar-refractivity contribution in [3.8, 4) is 5.75 Å². The van der Waals surface area contributed by atoms with E-state index in [0.717, 1.165) is 11.8 Å². The van der Waals surface area contributed by atoms with E-state index in [1.54, 1.807) is 42.7 Å². The highest BCUT2D eigenvalue weighted by molar-refractivity contribution is 8.13. The van der Waals surface area contributed by atoms with Crippen LogP contribution in [0.15, 0.2) is 49.6 Å². The Morgan fingerprint density at radius 2 is 2.00 bits per heavy atom. The quantitative estimate of drug-likeness (QED) is 0.813. The van der Waals surface area contributed by atoms with Crippen LogP contribution in [-0.4, -0.2) is 35.6 Å². The van der Waals surface area contributed by atoms with Crippen molar-refractivity contribution in [2.45, 2.75) is 0 Å². The summed E-state index contributed by atoms with van der Waals surface area (Å²) in [6, 6.07) is 6.65. The minimum Gasteiger partial charge on any atom is -0.410 e. The highest BCUT2D eigenvalue weighted by Gasteiger charge is 2.13. The third-order valence-corrected chi connectivity index (χ3v) is 2.90. The van der Waals surface area contributed by atoms with Gasteiger partial charge in [-0.05, 0) is 18.4 Å². The second-order valence-corrected chi connectivity index (χ2v) is 4.77. The Hall–Kier alpha value is -2.21. The summed E-state index contributed by atoms with van der Waals surface area (Å²) in [4.78, 5) is 24.8. The number of nitrogens with zero attached hydrogens (tertiary/aromatic N) is 1. The van der Waals surface area contributed by atoms with E-state index in [2.05, 4.69) is 18.5 Å². The molecule has 1 aromatic rings. The standard InChI is InChI=1S/C15H18N2O3S/c1-4-9-17(10-5-2)15(19)20-13-8-6-7-12(11-13)16-14(18)21-3/h4-8,11H,1-2,9-10H2,3H3,(H,16,18). The van der Waals surface area contributed by atoms with Crippen LogP contribution >= 0.6 is 11.8 Å². The van der Waals surface area contributed by atoms with Gasteiger partial charge in [0.15, 0.2) is 0 Å². The van der Waals surface area contributed by atoms with Crippen molar-refractivity contribution in [3.63, 3.8) is 0 Å². The molecule has 0 unspecified atom stereocenters. The van der Waals surface area contributed by atoms with E-state index >= 15 is 0 Å².